The summed E-state index contributed by atoms with van der Waals surface area (Å²) in [6.45, 7) is 4.67. The third-order valence-electron chi connectivity index (χ3n) is 3.38. The minimum atomic E-state index is -0.201. The summed E-state index contributed by atoms with van der Waals surface area (Å²) < 4.78 is 5.75. The van der Waals surface area contributed by atoms with Gasteiger partial charge in [-0.3, -0.25) is 10.1 Å². The van der Waals surface area contributed by atoms with E-state index in [0.29, 0.717) is 12.5 Å². The van der Waals surface area contributed by atoms with Crippen molar-refractivity contribution in [2.24, 2.45) is 5.92 Å². The molecule has 4 heteroatoms. The summed E-state index contributed by atoms with van der Waals surface area (Å²) in [6, 6.07) is 3.84. The van der Waals surface area contributed by atoms with Crippen molar-refractivity contribution in [3.63, 3.8) is 0 Å². The molecule has 1 aromatic rings. The molecule has 3 atom stereocenters. The van der Waals surface area contributed by atoms with Crippen LogP contribution in [0.4, 0.5) is 0 Å². The number of amides is 1. The van der Waals surface area contributed by atoms with Crippen molar-refractivity contribution in [3.8, 4) is 0 Å². The molecular formula is C13H20N2O2. The quantitative estimate of drug-likeness (QED) is 0.817. The van der Waals surface area contributed by atoms with E-state index < -0.39 is 0 Å². The Kier molecular flexibility index (Phi) is 3.52. The molecule has 3 unspecified atom stereocenters. The van der Waals surface area contributed by atoms with Crippen LogP contribution in [0.1, 0.15) is 37.7 Å². The van der Waals surface area contributed by atoms with Crippen LogP contribution in [-0.2, 0) is 11.3 Å². The van der Waals surface area contributed by atoms with Gasteiger partial charge in [-0.15, -0.1) is 0 Å². The molecule has 1 amide bonds. The Morgan fingerprint density at radius 3 is 2.88 bits per heavy atom. The molecule has 1 heterocycles. The highest BCUT2D eigenvalue weighted by Gasteiger charge is 2.36. The highest BCUT2D eigenvalue weighted by atomic mass is 16.3. The van der Waals surface area contributed by atoms with Crippen LogP contribution in [0.3, 0.4) is 0 Å². The fourth-order valence-electron chi connectivity index (χ4n) is 1.97. The van der Waals surface area contributed by atoms with E-state index in [2.05, 4.69) is 23.6 Å². The number of furan rings is 1. The lowest BCUT2D eigenvalue weighted by molar-refractivity contribution is -0.122. The Bertz CT molecular complexity index is 400. The van der Waals surface area contributed by atoms with E-state index in [0.717, 1.165) is 17.4 Å². The van der Waals surface area contributed by atoms with Gasteiger partial charge in [0.15, 0.2) is 0 Å². The Morgan fingerprint density at radius 1 is 1.59 bits per heavy atom. The van der Waals surface area contributed by atoms with Crippen LogP contribution in [0, 0.1) is 5.92 Å². The van der Waals surface area contributed by atoms with E-state index in [4.69, 9.17) is 4.42 Å². The zero-order valence-corrected chi connectivity index (χ0v) is 10.6. The minimum Gasteiger partial charge on any atom is -0.464 e. The third kappa shape index (κ3) is 2.88. The first kappa shape index (κ1) is 12.2. The summed E-state index contributed by atoms with van der Waals surface area (Å²) in [7, 11) is 1.64. The molecule has 1 aliphatic carbocycles. The van der Waals surface area contributed by atoms with Gasteiger partial charge in [0.1, 0.15) is 11.5 Å². The van der Waals surface area contributed by atoms with Crippen molar-refractivity contribution < 1.29 is 9.21 Å². The first-order chi connectivity index (χ1) is 8.11. The van der Waals surface area contributed by atoms with Gasteiger partial charge in [0.2, 0.25) is 5.91 Å². The number of carbonyl (C=O) groups excluding carboxylic acids is 1. The van der Waals surface area contributed by atoms with Crippen molar-refractivity contribution in [1.82, 2.24) is 10.6 Å². The topological polar surface area (TPSA) is 54.3 Å². The van der Waals surface area contributed by atoms with E-state index in [1.54, 1.807) is 7.05 Å². The lowest BCUT2D eigenvalue weighted by atomic mass is 10.3. The van der Waals surface area contributed by atoms with Gasteiger partial charge in [-0.25, -0.2) is 0 Å². The molecule has 1 aromatic heterocycles. The van der Waals surface area contributed by atoms with E-state index in [-0.39, 0.29) is 11.9 Å². The van der Waals surface area contributed by atoms with Crippen LogP contribution in [0.5, 0.6) is 0 Å². The molecule has 2 rings (SSSR count). The van der Waals surface area contributed by atoms with Crippen LogP contribution < -0.4 is 10.6 Å². The molecule has 0 saturated heterocycles. The van der Waals surface area contributed by atoms with Gasteiger partial charge < -0.3 is 9.73 Å². The largest absolute Gasteiger partial charge is 0.464 e. The van der Waals surface area contributed by atoms with Gasteiger partial charge in [-0.05, 0) is 31.4 Å². The van der Waals surface area contributed by atoms with Crippen molar-refractivity contribution in [2.45, 2.75) is 38.8 Å². The molecule has 0 radical (unpaired) electrons. The van der Waals surface area contributed by atoms with Crippen LogP contribution in [-0.4, -0.2) is 19.0 Å². The molecule has 2 N–H and O–H groups in total. The van der Waals surface area contributed by atoms with E-state index >= 15 is 0 Å². The SMILES string of the molecule is CNC(=O)C(C)NCc1ccc(C2CC2C)o1. The number of rotatable bonds is 5. The van der Waals surface area contributed by atoms with Gasteiger partial charge in [0, 0.05) is 13.0 Å². The number of carbonyl (C=O) groups is 1. The smallest absolute Gasteiger partial charge is 0.236 e. The summed E-state index contributed by atoms with van der Waals surface area (Å²) in [5, 5.41) is 5.74. The Morgan fingerprint density at radius 2 is 2.29 bits per heavy atom. The normalized spacial score (nSPS) is 24.4. The molecule has 1 saturated carbocycles. The van der Waals surface area contributed by atoms with Crippen LogP contribution in [0.2, 0.25) is 0 Å². The highest BCUT2D eigenvalue weighted by molar-refractivity contribution is 5.80. The molecule has 0 aromatic carbocycles. The van der Waals surface area contributed by atoms with E-state index in [1.165, 1.54) is 6.42 Å². The fourth-order valence-corrected chi connectivity index (χ4v) is 1.97. The lowest BCUT2D eigenvalue weighted by Crippen LogP contribution is -2.40. The average Bonchev–Trinajstić information content (AvgIpc) is 2.89. The molecule has 17 heavy (non-hydrogen) atoms. The summed E-state index contributed by atoms with van der Waals surface area (Å²) in [6.07, 6.45) is 1.23. The monoisotopic (exact) mass is 236 g/mol. The molecule has 0 aliphatic heterocycles. The summed E-state index contributed by atoms with van der Waals surface area (Å²) >= 11 is 0. The fraction of sp³-hybridized carbons (Fsp3) is 0.615. The standard InChI is InChI=1S/C13H20N2O2/c1-8-6-11(8)12-5-4-10(17-12)7-15-9(2)13(16)14-3/h4-5,8-9,11,15H,6-7H2,1-3H3,(H,14,16). The van der Waals surface area contributed by atoms with Gasteiger partial charge in [0.05, 0.1) is 12.6 Å². The van der Waals surface area contributed by atoms with Crippen LogP contribution in [0.15, 0.2) is 16.5 Å². The zero-order chi connectivity index (χ0) is 12.4. The third-order valence-corrected chi connectivity index (χ3v) is 3.38. The predicted octanol–water partition coefficient (Wildman–Crippen LogP) is 1.63. The number of hydrogen-bond acceptors (Lipinski definition) is 3. The van der Waals surface area contributed by atoms with Crippen molar-refractivity contribution in [1.29, 1.82) is 0 Å². The van der Waals surface area contributed by atoms with Crippen molar-refractivity contribution in [2.75, 3.05) is 7.05 Å². The molecule has 1 aliphatic rings. The maximum absolute atomic E-state index is 11.3. The first-order valence-corrected chi connectivity index (χ1v) is 6.15. The highest BCUT2D eigenvalue weighted by Crippen LogP contribution is 2.47. The van der Waals surface area contributed by atoms with Gasteiger partial charge in [-0.2, -0.15) is 0 Å². The molecule has 94 valence electrons. The molecule has 0 bridgehead atoms. The van der Waals surface area contributed by atoms with Crippen molar-refractivity contribution >= 4 is 5.91 Å². The number of likely N-dealkylation sites (N-methyl/N-ethyl adjacent to an activating group) is 1. The van der Waals surface area contributed by atoms with Crippen LogP contribution in [0.25, 0.3) is 0 Å². The Balaban J connectivity index is 1.83. The average molecular weight is 236 g/mol. The number of nitrogens with one attached hydrogen (secondary N) is 2. The summed E-state index contributed by atoms with van der Waals surface area (Å²) in [4.78, 5) is 11.3. The second-order valence-corrected chi connectivity index (χ2v) is 4.84. The van der Waals surface area contributed by atoms with Crippen molar-refractivity contribution in [3.05, 3.63) is 23.7 Å². The maximum atomic E-state index is 11.3. The maximum Gasteiger partial charge on any atom is 0.236 e. The molecule has 0 spiro atoms. The Labute approximate surface area is 102 Å². The molecular weight excluding hydrogens is 216 g/mol. The summed E-state index contributed by atoms with van der Waals surface area (Å²) in [5.74, 6) is 3.34. The molecule has 1 fully saturated rings. The summed E-state index contributed by atoms with van der Waals surface area (Å²) in [5.41, 5.74) is 0. The Hall–Kier alpha value is -1.29. The van der Waals surface area contributed by atoms with Gasteiger partial charge in [0.25, 0.3) is 0 Å². The second-order valence-electron chi connectivity index (χ2n) is 4.84. The van der Waals surface area contributed by atoms with E-state index in [9.17, 15) is 4.79 Å². The van der Waals surface area contributed by atoms with Gasteiger partial charge in [-0.1, -0.05) is 6.92 Å². The second kappa shape index (κ2) is 4.92. The van der Waals surface area contributed by atoms with Crippen LogP contribution >= 0.6 is 0 Å². The van der Waals surface area contributed by atoms with Gasteiger partial charge >= 0.3 is 0 Å². The number of hydrogen-bond donors (Lipinski definition) is 2. The lowest BCUT2D eigenvalue weighted by Gasteiger charge is -2.10. The molecule has 4 nitrogen and oxygen atoms in total. The first-order valence-electron chi connectivity index (χ1n) is 6.15. The minimum absolute atomic E-state index is 0.00686. The van der Waals surface area contributed by atoms with E-state index in [1.807, 2.05) is 13.0 Å². The zero-order valence-electron chi connectivity index (χ0n) is 10.6. The predicted molar refractivity (Wildman–Crippen MR) is 65.6 cm³/mol.